The van der Waals surface area contributed by atoms with Crippen molar-refractivity contribution in [2.24, 2.45) is 0 Å². The van der Waals surface area contributed by atoms with Crippen LogP contribution in [0.15, 0.2) is 18.5 Å². The third kappa shape index (κ3) is 4.59. The van der Waals surface area contributed by atoms with Gasteiger partial charge in [-0.3, -0.25) is 9.69 Å². The molecule has 0 saturated carbocycles. The standard InChI is InChI=1S/C14H20N8OS/c15-13-20-19-12(24-13)2-5-16-11(23)10-21-6-8-22(9-7-21)14-17-3-1-4-18-14/h1,3-4H,2,5-10H2,(H2,15,20)(H,16,23). The van der Waals surface area contributed by atoms with Gasteiger partial charge in [0, 0.05) is 51.5 Å². The van der Waals surface area contributed by atoms with Gasteiger partial charge in [-0.2, -0.15) is 0 Å². The molecule has 10 heteroatoms. The molecule has 2 aromatic rings. The quantitative estimate of drug-likeness (QED) is 0.711. The molecule has 0 aromatic carbocycles. The SMILES string of the molecule is Nc1nnc(CCNC(=O)CN2CCN(c3ncccn3)CC2)s1. The van der Waals surface area contributed by atoms with Crippen molar-refractivity contribution in [1.29, 1.82) is 0 Å². The van der Waals surface area contributed by atoms with E-state index in [0.29, 0.717) is 24.6 Å². The molecule has 3 N–H and O–H groups in total. The Bertz CT molecular complexity index is 656. The van der Waals surface area contributed by atoms with Gasteiger partial charge in [0.15, 0.2) is 0 Å². The van der Waals surface area contributed by atoms with Gasteiger partial charge < -0.3 is 16.0 Å². The number of nitrogens with zero attached hydrogens (tertiary/aromatic N) is 6. The fourth-order valence-corrected chi connectivity index (χ4v) is 3.10. The van der Waals surface area contributed by atoms with Crippen molar-refractivity contribution in [3.63, 3.8) is 0 Å². The Morgan fingerprint density at radius 2 is 1.96 bits per heavy atom. The number of aromatic nitrogens is 4. The highest BCUT2D eigenvalue weighted by Gasteiger charge is 2.20. The molecular weight excluding hydrogens is 328 g/mol. The Morgan fingerprint density at radius 3 is 2.62 bits per heavy atom. The normalized spacial score (nSPS) is 15.4. The van der Waals surface area contributed by atoms with E-state index in [9.17, 15) is 4.79 Å². The van der Waals surface area contributed by atoms with Gasteiger partial charge in [-0.1, -0.05) is 11.3 Å². The first-order chi connectivity index (χ1) is 11.7. The average Bonchev–Trinajstić information content (AvgIpc) is 3.02. The number of hydrogen-bond acceptors (Lipinski definition) is 9. The lowest BCUT2D eigenvalue weighted by Gasteiger charge is -2.34. The van der Waals surface area contributed by atoms with E-state index in [1.54, 1.807) is 18.5 Å². The predicted molar refractivity (Wildman–Crippen MR) is 91.7 cm³/mol. The number of piperazine rings is 1. The summed E-state index contributed by atoms with van der Waals surface area (Å²) in [5.41, 5.74) is 5.53. The largest absolute Gasteiger partial charge is 0.374 e. The number of rotatable bonds is 6. The molecule has 0 bridgehead atoms. The molecule has 0 aliphatic carbocycles. The van der Waals surface area contributed by atoms with Gasteiger partial charge in [-0.05, 0) is 6.07 Å². The molecule has 1 saturated heterocycles. The molecule has 1 fully saturated rings. The Labute approximate surface area is 143 Å². The molecule has 1 aliphatic heterocycles. The van der Waals surface area contributed by atoms with Gasteiger partial charge in [0.25, 0.3) is 0 Å². The molecule has 0 atom stereocenters. The lowest BCUT2D eigenvalue weighted by Crippen LogP contribution is -2.50. The molecule has 0 spiro atoms. The highest BCUT2D eigenvalue weighted by Crippen LogP contribution is 2.11. The van der Waals surface area contributed by atoms with E-state index in [1.165, 1.54) is 11.3 Å². The minimum absolute atomic E-state index is 0.0249. The Morgan fingerprint density at radius 1 is 1.21 bits per heavy atom. The van der Waals surface area contributed by atoms with Crippen molar-refractivity contribution in [3.8, 4) is 0 Å². The first-order valence-electron chi connectivity index (χ1n) is 7.79. The summed E-state index contributed by atoms with van der Waals surface area (Å²) in [5.74, 6) is 0.773. The zero-order valence-electron chi connectivity index (χ0n) is 13.3. The number of carbonyl (C=O) groups is 1. The Kier molecular flexibility index (Phi) is 5.49. The summed E-state index contributed by atoms with van der Waals surface area (Å²) in [5, 5.41) is 11.9. The average molecular weight is 348 g/mol. The van der Waals surface area contributed by atoms with Gasteiger partial charge in [0.05, 0.1) is 6.54 Å². The molecule has 9 nitrogen and oxygen atoms in total. The second-order valence-electron chi connectivity index (χ2n) is 5.45. The van der Waals surface area contributed by atoms with Crippen molar-refractivity contribution in [3.05, 3.63) is 23.5 Å². The van der Waals surface area contributed by atoms with E-state index in [2.05, 4.69) is 35.3 Å². The second-order valence-corrected chi connectivity index (χ2v) is 6.54. The minimum Gasteiger partial charge on any atom is -0.374 e. The lowest BCUT2D eigenvalue weighted by molar-refractivity contribution is -0.122. The van der Waals surface area contributed by atoms with E-state index in [-0.39, 0.29) is 5.91 Å². The van der Waals surface area contributed by atoms with Crippen molar-refractivity contribution in [2.45, 2.75) is 6.42 Å². The zero-order valence-corrected chi connectivity index (χ0v) is 14.1. The molecule has 128 valence electrons. The first kappa shape index (κ1) is 16.5. The number of carbonyl (C=O) groups excluding carboxylic acids is 1. The maximum atomic E-state index is 12.0. The molecule has 3 rings (SSSR count). The van der Waals surface area contributed by atoms with Crippen LogP contribution in [0.25, 0.3) is 0 Å². The number of anilines is 2. The van der Waals surface area contributed by atoms with Crippen molar-refractivity contribution in [2.75, 3.05) is 49.9 Å². The van der Waals surface area contributed by atoms with E-state index < -0.39 is 0 Å². The maximum Gasteiger partial charge on any atom is 0.234 e. The smallest absolute Gasteiger partial charge is 0.234 e. The van der Waals surface area contributed by atoms with E-state index in [4.69, 9.17) is 5.73 Å². The van der Waals surface area contributed by atoms with Crippen LogP contribution in [0.2, 0.25) is 0 Å². The van der Waals surface area contributed by atoms with Crippen molar-refractivity contribution in [1.82, 2.24) is 30.4 Å². The third-order valence-corrected chi connectivity index (χ3v) is 4.53. The van der Waals surface area contributed by atoms with Crippen LogP contribution in [-0.4, -0.2) is 70.2 Å². The molecule has 0 radical (unpaired) electrons. The molecule has 1 aliphatic rings. The van der Waals surface area contributed by atoms with E-state index in [0.717, 1.165) is 37.1 Å². The molecule has 2 aromatic heterocycles. The highest BCUT2D eigenvalue weighted by atomic mass is 32.1. The van der Waals surface area contributed by atoms with Crippen LogP contribution in [0.4, 0.5) is 11.1 Å². The lowest BCUT2D eigenvalue weighted by atomic mass is 10.3. The topological polar surface area (TPSA) is 113 Å². The number of nitrogens with two attached hydrogens (primary N) is 1. The second kappa shape index (κ2) is 7.97. The Balaban J connectivity index is 1.35. The summed E-state index contributed by atoms with van der Waals surface area (Å²) < 4.78 is 0. The number of amides is 1. The molecule has 24 heavy (non-hydrogen) atoms. The Hall–Kier alpha value is -2.33. The number of nitrogens with one attached hydrogen (secondary N) is 1. The molecule has 1 amide bonds. The van der Waals surface area contributed by atoms with Crippen molar-refractivity contribution < 1.29 is 4.79 Å². The minimum atomic E-state index is 0.0249. The van der Waals surface area contributed by atoms with Gasteiger partial charge in [0.2, 0.25) is 17.0 Å². The van der Waals surface area contributed by atoms with Crippen LogP contribution in [0.1, 0.15) is 5.01 Å². The maximum absolute atomic E-state index is 12.0. The molecule has 0 unspecified atom stereocenters. The van der Waals surface area contributed by atoms with Gasteiger partial charge in [-0.25, -0.2) is 9.97 Å². The first-order valence-corrected chi connectivity index (χ1v) is 8.61. The van der Waals surface area contributed by atoms with Crippen LogP contribution in [0.3, 0.4) is 0 Å². The highest BCUT2D eigenvalue weighted by molar-refractivity contribution is 7.15. The summed E-state index contributed by atoms with van der Waals surface area (Å²) in [7, 11) is 0. The summed E-state index contributed by atoms with van der Waals surface area (Å²) in [6.07, 6.45) is 4.14. The predicted octanol–water partition coefficient (Wildman–Crippen LogP) is -0.609. The van der Waals surface area contributed by atoms with E-state index >= 15 is 0 Å². The fraction of sp³-hybridized carbons (Fsp3) is 0.500. The van der Waals surface area contributed by atoms with Gasteiger partial charge in [-0.15, -0.1) is 10.2 Å². The fourth-order valence-electron chi connectivity index (χ4n) is 2.50. The van der Waals surface area contributed by atoms with Gasteiger partial charge in [0.1, 0.15) is 5.01 Å². The number of nitrogen functional groups attached to an aromatic ring is 1. The zero-order chi connectivity index (χ0) is 16.8. The van der Waals surface area contributed by atoms with Crippen LogP contribution in [0, 0.1) is 0 Å². The third-order valence-electron chi connectivity index (χ3n) is 3.72. The summed E-state index contributed by atoms with van der Waals surface area (Å²) in [6.45, 7) is 4.23. The van der Waals surface area contributed by atoms with E-state index in [1.807, 2.05) is 0 Å². The number of hydrogen-bond donors (Lipinski definition) is 2. The monoisotopic (exact) mass is 348 g/mol. The summed E-state index contributed by atoms with van der Waals surface area (Å²) in [6, 6.07) is 1.81. The van der Waals surface area contributed by atoms with Crippen LogP contribution in [-0.2, 0) is 11.2 Å². The van der Waals surface area contributed by atoms with Gasteiger partial charge >= 0.3 is 0 Å². The van der Waals surface area contributed by atoms with Crippen LogP contribution >= 0.6 is 11.3 Å². The summed E-state index contributed by atoms with van der Waals surface area (Å²) >= 11 is 1.35. The van der Waals surface area contributed by atoms with Crippen molar-refractivity contribution >= 4 is 28.3 Å². The van der Waals surface area contributed by atoms with Crippen LogP contribution < -0.4 is 16.0 Å². The summed E-state index contributed by atoms with van der Waals surface area (Å²) in [4.78, 5) is 24.8. The van der Waals surface area contributed by atoms with Crippen LogP contribution in [0.5, 0.6) is 0 Å². The molecular formula is C14H20N8OS. The molecule has 3 heterocycles.